The third kappa shape index (κ3) is 7.48. The Kier molecular flexibility index (Phi) is 9.86. The van der Waals surface area contributed by atoms with E-state index >= 15 is 0 Å². The molecule has 1 saturated carbocycles. The number of hydrogen-bond donors (Lipinski definition) is 0. The number of esters is 1. The smallest absolute Gasteiger partial charge is 0.314 e. The van der Waals surface area contributed by atoms with Crippen LogP contribution in [0.4, 0.5) is 13.2 Å². The monoisotopic (exact) mass is 398 g/mol. The molecule has 0 spiro atoms. The molecular weight excluding hydrogens is 365 g/mol. The highest BCUT2D eigenvalue weighted by molar-refractivity contribution is 5.75. The van der Waals surface area contributed by atoms with Crippen molar-refractivity contribution in [1.29, 1.82) is 0 Å². The fraction of sp³-hybridized carbons (Fsp3) is 0.696. The normalized spacial score (nSPS) is 19.6. The molecule has 0 atom stereocenters. The number of unbranched alkanes of at least 4 members (excludes halogenated alkanes) is 7. The van der Waals surface area contributed by atoms with Gasteiger partial charge in [0.25, 0.3) is 0 Å². The lowest BCUT2D eigenvalue weighted by Gasteiger charge is -2.27. The molecular formula is C23H33F3O2. The van der Waals surface area contributed by atoms with E-state index in [1.165, 1.54) is 57.8 Å². The Balaban J connectivity index is 1.62. The maximum atomic E-state index is 13.2. The zero-order chi connectivity index (χ0) is 20.4. The number of ether oxygens (including phenoxy) is 1. The average molecular weight is 399 g/mol. The highest BCUT2D eigenvalue weighted by Gasteiger charge is 2.28. The molecule has 2 rings (SSSR count). The Labute approximate surface area is 166 Å². The third-order valence-electron chi connectivity index (χ3n) is 5.82. The maximum Gasteiger partial charge on any atom is 0.314 e. The fourth-order valence-corrected chi connectivity index (χ4v) is 4.04. The van der Waals surface area contributed by atoms with Gasteiger partial charge in [-0.25, -0.2) is 13.2 Å². The topological polar surface area (TPSA) is 26.3 Å². The van der Waals surface area contributed by atoms with Gasteiger partial charge in [0.1, 0.15) is 5.75 Å². The number of hydrogen-bond acceptors (Lipinski definition) is 2. The molecule has 5 heteroatoms. The van der Waals surface area contributed by atoms with E-state index in [2.05, 4.69) is 6.92 Å². The van der Waals surface area contributed by atoms with E-state index in [1.807, 2.05) is 0 Å². The largest absolute Gasteiger partial charge is 0.426 e. The van der Waals surface area contributed by atoms with Crippen LogP contribution in [-0.4, -0.2) is 5.97 Å². The van der Waals surface area contributed by atoms with Crippen LogP contribution in [0.2, 0.25) is 0 Å². The number of halogens is 3. The highest BCUT2D eigenvalue weighted by atomic mass is 19.2. The molecule has 0 radical (unpaired) electrons. The minimum atomic E-state index is -1.55. The molecule has 158 valence electrons. The van der Waals surface area contributed by atoms with Crippen molar-refractivity contribution in [3.05, 3.63) is 29.6 Å². The minimum Gasteiger partial charge on any atom is -0.426 e. The van der Waals surface area contributed by atoms with Crippen molar-refractivity contribution in [2.45, 2.75) is 90.4 Å². The lowest BCUT2D eigenvalue weighted by atomic mass is 9.80. The van der Waals surface area contributed by atoms with Crippen LogP contribution in [0, 0.1) is 29.3 Å². The van der Waals surface area contributed by atoms with E-state index in [0.717, 1.165) is 25.7 Å². The Bertz CT molecular complexity index is 587. The summed E-state index contributed by atoms with van der Waals surface area (Å²) in [6, 6.07) is 1.42. The molecule has 1 aliphatic rings. The van der Waals surface area contributed by atoms with E-state index in [4.69, 9.17) is 4.74 Å². The molecule has 1 aromatic carbocycles. The summed E-state index contributed by atoms with van der Waals surface area (Å²) < 4.78 is 44.5. The van der Waals surface area contributed by atoms with Crippen molar-refractivity contribution in [2.24, 2.45) is 11.8 Å². The summed E-state index contributed by atoms with van der Waals surface area (Å²) in [7, 11) is 0. The third-order valence-corrected chi connectivity index (χ3v) is 5.82. The average Bonchev–Trinajstić information content (AvgIpc) is 2.68. The van der Waals surface area contributed by atoms with Crippen molar-refractivity contribution < 1.29 is 22.7 Å². The van der Waals surface area contributed by atoms with Crippen LogP contribution in [0.1, 0.15) is 90.4 Å². The Morgan fingerprint density at radius 3 is 2.00 bits per heavy atom. The second-order valence-corrected chi connectivity index (χ2v) is 8.10. The van der Waals surface area contributed by atoms with Crippen LogP contribution < -0.4 is 4.74 Å². The number of rotatable bonds is 11. The molecule has 1 fully saturated rings. The summed E-state index contributed by atoms with van der Waals surface area (Å²) in [5.74, 6) is -4.59. The molecule has 0 saturated heterocycles. The van der Waals surface area contributed by atoms with E-state index in [-0.39, 0.29) is 11.7 Å². The molecule has 0 aliphatic heterocycles. The highest BCUT2D eigenvalue weighted by Crippen LogP contribution is 2.33. The van der Waals surface area contributed by atoms with Gasteiger partial charge in [-0.3, -0.25) is 4.79 Å². The van der Waals surface area contributed by atoms with Crippen molar-refractivity contribution in [3.63, 3.8) is 0 Å². The molecule has 0 unspecified atom stereocenters. The first-order chi connectivity index (χ1) is 13.5. The van der Waals surface area contributed by atoms with Crippen LogP contribution in [0.15, 0.2) is 12.1 Å². The van der Waals surface area contributed by atoms with Crippen molar-refractivity contribution in [3.8, 4) is 5.75 Å². The van der Waals surface area contributed by atoms with Gasteiger partial charge in [0.15, 0.2) is 17.5 Å². The van der Waals surface area contributed by atoms with Gasteiger partial charge < -0.3 is 4.74 Å². The predicted octanol–water partition coefficient (Wildman–Crippen LogP) is 7.35. The molecule has 1 aliphatic carbocycles. The first-order valence-electron chi connectivity index (χ1n) is 10.9. The Hall–Kier alpha value is -1.52. The first-order valence-corrected chi connectivity index (χ1v) is 10.9. The van der Waals surface area contributed by atoms with Gasteiger partial charge in [-0.2, -0.15) is 0 Å². The lowest BCUT2D eigenvalue weighted by molar-refractivity contribution is -0.140. The zero-order valence-electron chi connectivity index (χ0n) is 17.0. The van der Waals surface area contributed by atoms with Gasteiger partial charge >= 0.3 is 5.97 Å². The van der Waals surface area contributed by atoms with Gasteiger partial charge in [0, 0.05) is 12.1 Å². The summed E-state index contributed by atoms with van der Waals surface area (Å²) in [5.41, 5.74) is 0. The van der Waals surface area contributed by atoms with Crippen molar-refractivity contribution in [2.75, 3.05) is 0 Å². The molecule has 2 nitrogen and oxygen atoms in total. The fourth-order valence-electron chi connectivity index (χ4n) is 4.04. The second kappa shape index (κ2) is 12.1. The molecule has 0 N–H and O–H groups in total. The second-order valence-electron chi connectivity index (χ2n) is 8.10. The first kappa shape index (κ1) is 22.8. The summed E-state index contributed by atoms with van der Waals surface area (Å²) in [6.45, 7) is 2.23. The quantitative estimate of drug-likeness (QED) is 0.169. The molecule has 28 heavy (non-hydrogen) atoms. The molecule has 1 aromatic rings. The van der Waals surface area contributed by atoms with Gasteiger partial charge in [-0.05, 0) is 31.6 Å². The van der Waals surface area contributed by atoms with Crippen molar-refractivity contribution in [1.82, 2.24) is 0 Å². The van der Waals surface area contributed by atoms with Gasteiger partial charge in [-0.15, -0.1) is 0 Å². The van der Waals surface area contributed by atoms with Gasteiger partial charge in [-0.1, -0.05) is 64.7 Å². The van der Waals surface area contributed by atoms with Crippen LogP contribution in [0.5, 0.6) is 5.75 Å². The van der Waals surface area contributed by atoms with Crippen LogP contribution in [0.3, 0.4) is 0 Å². The summed E-state index contributed by atoms with van der Waals surface area (Å²) in [5, 5.41) is 0. The molecule has 0 bridgehead atoms. The molecule has 0 amide bonds. The maximum absolute atomic E-state index is 13.2. The van der Waals surface area contributed by atoms with Crippen LogP contribution in [0.25, 0.3) is 0 Å². The number of benzene rings is 1. The van der Waals surface area contributed by atoms with Gasteiger partial charge in [0.05, 0.1) is 5.92 Å². The zero-order valence-corrected chi connectivity index (χ0v) is 17.0. The Morgan fingerprint density at radius 2 is 1.43 bits per heavy atom. The van der Waals surface area contributed by atoms with Gasteiger partial charge in [0.2, 0.25) is 0 Å². The predicted molar refractivity (Wildman–Crippen MR) is 105 cm³/mol. The standard InChI is InChI=1S/C23H33F3O2/c1-2-3-4-5-6-7-8-9-10-17-11-13-18(14-12-17)23(27)28-19-15-20(24)22(26)21(25)16-19/h15-18H,2-14H2,1H3/t17-,18-. The minimum absolute atomic E-state index is 0.244. The summed E-state index contributed by atoms with van der Waals surface area (Å²) in [6.07, 6.45) is 15.2. The number of carbonyl (C=O) groups is 1. The van der Waals surface area contributed by atoms with E-state index in [0.29, 0.717) is 18.1 Å². The summed E-state index contributed by atoms with van der Waals surface area (Å²) in [4.78, 5) is 12.2. The van der Waals surface area contributed by atoms with E-state index < -0.39 is 23.4 Å². The SMILES string of the molecule is CCCCCCCCCC[C@H]1CC[C@H](C(=O)Oc2cc(F)c(F)c(F)c2)CC1. The van der Waals surface area contributed by atoms with E-state index in [9.17, 15) is 18.0 Å². The lowest BCUT2D eigenvalue weighted by Crippen LogP contribution is -2.25. The van der Waals surface area contributed by atoms with Crippen LogP contribution >= 0.6 is 0 Å². The van der Waals surface area contributed by atoms with Crippen molar-refractivity contribution >= 4 is 5.97 Å². The summed E-state index contributed by atoms with van der Waals surface area (Å²) >= 11 is 0. The molecule has 0 heterocycles. The number of carbonyl (C=O) groups excluding carboxylic acids is 1. The molecule has 0 aromatic heterocycles. The Morgan fingerprint density at radius 1 is 0.893 bits per heavy atom. The van der Waals surface area contributed by atoms with Crippen LogP contribution in [-0.2, 0) is 4.79 Å². The van der Waals surface area contributed by atoms with E-state index in [1.54, 1.807) is 0 Å².